The molecule has 0 unspecified atom stereocenters. The van der Waals surface area contributed by atoms with Crippen molar-refractivity contribution in [2.45, 2.75) is 18.4 Å². The monoisotopic (exact) mass is 468 g/mol. The summed E-state index contributed by atoms with van der Waals surface area (Å²) >= 11 is 0. The Kier molecular flexibility index (Phi) is 5.39. The number of likely N-dealkylation sites (N-methyl/N-ethyl adjacent to an activating group) is 1. The van der Waals surface area contributed by atoms with E-state index in [2.05, 4.69) is 20.5 Å². The lowest BCUT2D eigenvalue weighted by Crippen LogP contribution is -2.56. The molecule has 0 radical (unpaired) electrons. The number of rotatable bonds is 5. The molecular weight excluding hydrogens is 446 g/mol. The summed E-state index contributed by atoms with van der Waals surface area (Å²) in [6, 6.07) is 13.6. The first-order valence-electron chi connectivity index (χ1n) is 10.7. The fourth-order valence-electron chi connectivity index (χ4n) is 3.97. The Morgan fingerprint density at radius 1 is 1.24 bits per heavy atom. The summed E-state index contributed by atoms with van der Waals surface area (Å²) in [4.78, 5) is 32.9. The topological polar surface area (TPSA) is 103 Å². The van der Waals surface area contributed by atoms with E-state index in [1.165, 1.54) is 9.80 Å². The van der Waals surface area contributed by atoms with Gasteiger partial charge in [0.15, 0.2) is 0 Å². The highest BCUT2D eigenvalue weighted by Gasteiger charge is 2.44. The molecule has 2 amide bonds. The van der Waals surface area contributed by atoms with E-state index >= 15 is 0 Å². The third-order valence-corrected chi connectivity index (χ3v) is 5.80. The number of aromatic amines is 1. The Balaban J connectivity index is 1.26. The van der Waals surface area contributed by atoms with Gasteiger partial charge in [-0.2, -0.15) is 0 Å². The van der Waals surface area contributed by atoms with Crippen LogP contribution in [-0.4, -0.2) is 65.7 Å². The SMILES string of the molecule is CN1C(=O)[C@H](NC(=O)c2n[nH]c(Cc3ccccc3)n2)COc2ccc(N3CC(F)(F)C3)cc21. The van der Waals surface area contributed by atoms with Crippen LogP contribution in [0.3, 0.4) is 0 Å². The fourth-order valence-corrected chi connectivity index (χ4v) is 3.97. The third kappa shape index (κ3) is 4.28. The molecule has 176 valence electrons. The van der Waals surface area contributed by atoms with E-state index in [1.807, 2.05) is 30.3 Å². The van der Waals surface area contributed by atoms with Gasteiger partial charge in [-0.15, -0.1) is 5.10 Å². The summed E-state index contributed by atoms with van der Waals surface area (Å²) in [7, 11) is 1.55. The van der Waals surface area contributed by atoms with Crippen LogP contribution in [0.4, 0.5) is 20.2 Å². The van der Waals surface area contributed by atoms with Crippen molar-refractivity contribution in [2.24, 2.45) is 0 Å². The van der Waals surface area contributed by atoms with E-state index in [1.54, 1.807) is 25.2 Å². The molecule has 0 saturated carbocycles. The second-order valence-corrected chi connectivity index (χ2v) is 8.37. The number of carbonyl (C=O) groups excluding carboxylic acids is 2. The molecule has 34 heavy (non-hydrogen) atoms. The zero-order valence-corrected chi connectivity index (χ0v) is 18.3. The summed E-state index contributed by atoms with van der Waals surface area (Å²) in [5, 5.41) is 9.34. The minimum atomic E-state index is -2.71. The molecule has 11 heteroatoms. The number of hydrogen-bond acceptors (Lipinski definition) is 6. The molecule has 2 aromatic carbocycles. The molecule has 5 rings (SSSR count). The molecule has 2 N–H and O–H groups in total. The maximum absolute atomic E-state index is 13.3. The largest absolute Gasteiger partial charge is 0.489 e. The maximum Gasteiger partial charge on any atom is 0.291 e. The minimum Gasteiger partial charge on any atom is -0.489 e. The zero-order valence-electron chi connectivity index (χ0n) is 18.3. The van der Waals surface area contributed by atoms with E-state index in [4.69, 9.17) is 4.74 Å². The Morgan fingerprint density at radius 3 is 2.74 bits per heavy atom. The Morgan fingerprint density at radius 2 is 2.00 bits per heavy atom. The average molecular weight is 468 g/mol. The molecule has 2 aliphatic heterocycles. The smallest absolute Gasteiger partial charge is 0.291 e. The molecule has 0 spiro atoms. The van der Waals surface area contributed by atoms with Gasteiger partial charge in [0.1, 0.15) is 24.2 Å². The van der Waals surface area contributed by atoms with Gasteiger partial charge < -0.3 is 19.9 Å². The Labute approximate surface area is 193 Å². The van der Waals surface area contributed by atoms with Gasteiger partial charge in [-0.3, -0.25) is 14.7 Å². The molecule has 1 aromatic heterocycles. The molecule has 3 heterocycles. The maximum atomic E-state index is 13.3. The summed E-state index contributed by atoms with van der Waals surface area (Å²) in [5.41, 5.74) is 2.03. The van der Waals surface area contributed by atoms with Crippen LogP contribution >= 0.6 is 0 Å². The second-order valence-electron chi connectivity index (χ2n) is 8.37. The van der Waals surface area contributed by atoms with Crippen LogP contribution in [0, 0.1) is 0 Å². The van der Waals surface area contributed by atoms with Crippen LogP contribution in [0.25, 0.3) is 0 Å². The quantitative estimate of drug-likeness (QED) is 0.594. The molecule has 3 aromatic rings. The summed E-state index contributed by atoms with van der Waals surface area (Å²) in [6.45, 7) is -0.831. The number of nitrogens with one attached hydrogen (secondary N) is 2. The van der Waals surface area contributed by atoms with Crippen molar-refractivity contribution in [1.82, 2.24) is 20.5 Å². The number of H-pyrrole nitrogens is 1. The van der Waals surface area contributed by atoms with Gasteiger partial charge in [0, 0.05) is 19.2 Å². The van der Waals surface area contributed by atoms with Crippen molar-refractivity contribution in [3.63, 3.8) is 0 Å². The van der Waals surface area contributed by atoms with Gasteiger partial charge in [-0.25, -0.2) is 13.8 Å². The molecule has 1 saturated heterocycles. The van der Waals surface area contributed by atoms with Gasteiger partial charge in [0.2, 0.25) is 5.82 Å². The van der Waals surface area contributed by atoms with Crippen LogP contribution in [-0.2, 0) is 11.2 Å². The van der Waals surface area contributed by atoms with Crippen molar-refractivity contribution < 1.29 is 23.1 Å². The van der Waals surface area contributed by atoms with Gasteiger partial charge in [-0.1, -0.05) is 30.3 Å². The highest BCUT2D eigenvalue weighted by atomic mass is 19.3. The highest BCUT2D eigenvalue weighted by Crippen LogP contribution is 2.38. The van der Waals surface area contributed by atoms with Crippen LogP contribution in [0.1, 0.15) is 22.0 Å². The zero-order chi connectivity index (χ0) is 23.9. The number of anilines is 2. The molecular formula is C23H22F2N6O3. The number of ether oxygens (including phenoxy) is 1. The van der Waals surface area contributed by atoms with Crippen molar-refractivity contribution in [3.05, 3.63) is 65.7 Å². The number of amides is 2. The number of fused-ring (bicyclic) bond motifs is 1. The first-order valence-corrected chi connectivity index (χ1v) is 10.7. The second kappa shape index (κ2) is 8.40. The van der Waals surface area contributed by atoms with Crippen molar-refractivity contribution >= 4 is 23.2 Å². The molecule has 2 aliphatic rings. The number of alkyl halides is 2. The normalized spacial score (nSPS) is 19.0. The molecule has 1 atom stereocenters. The average Bonchev–Trinajstić information content (AvgIpc) is 3.24. The Bertz CT molecular complexity index is 1220. The molecule has 0 aliphatic carbocycles. The van der Waals surface area contributed by atoms with Gasteiger partial charge in [0.05, 0.1) is 18.8 Å². The third-order valence-electron chi connectivity index (χ3n) is 5.80. The minimum absolute atomic E-state index is 0.0795. The lowest BCUT2D eigenvalue weighted by molar-refractivity contribution is -0.120. The van der Waals surface area contributed by atoms with Crippen LogP contribution in [0.2, 0.25) is 0 Å². The number of benzene rings is 2. The predicted molar refractivity (Wildman–Crippen MR) is 119 cm³/mol. The summed E-state index contributed by atoms with van der Waals surface area (Å²) in [6.07, 6.45) is 0.482. The number of carbonyl (C=O) groups is 2. The Hall–Kier alpha value is -4.02. The number of aromatic nitrogens is 3. The van der Waals surface area contributed by atoms with E-state index < -0.39 is 23.8 Å². The predicted octanol–water partition coefficient (Wildman–Crippen LogP) is 2.00. The van der Waals surface area contributed by atoms with Crippen LogP contribution < -0.4 is 19.9 Å². The van der Waals surface area contributed by atoms with Gasteiger partial charge in [-0.05, 0) is 23.8 Å². The number of halogens is 2. The van der Waals surface area contributed by atoms with Crippen molar-refractivity contribution in [2.75, 3.05) is 36.5 Å². The van der Waals surface area contributed by atoms with Crippen LogP contribution in [0.5, 0.6) is 5.75 Å². The van der Waals surface area contributed by atoms with Crippen LogP contribution in [0.15, 0.2) is 48.5 Å². The lowest BCUT2D eigenvalue weighted by atomic mass is 10.1. The van der Waals surface area contributed by atoms with E-state index in [0.29, 0.717) is 29.4 Å². The lowest BCUT2D eigenvalue weighted by Gasteiger charge is -2.40. The van der Waals surface area contributed by atoms with Crippen molar-refractivity contribution in [1.29, 1.82) is 0 Å². The highest BCUT2D eigenvalue weighted by molar-refractivity contribution is 6.02. The summed E-state index contributed by atoms with van der Waals surface area (Å²) < 4.78 is 32.3. The van der Waals surface area contributed by atoms with E-state index in [9.17, 15) is 18.4 Å². The fraction of sp³-hybridized carbons (Fsp3) is 0.304. The molecule has 9 nitrogen and oxygen atoms in total. The standard InChI is InChI=1S/C23H22F2N6O3/c1-30-17-10-15(31-12-23(24,25)13-31)7-8-18(17)34-11-16(22(30)33)26-21(32)20-27-19(28-29-20)9-14-5-3-2-4-6-14/h2-8,10,16H,9,11-13H2,1H3,(H,26,32)(H,27,28,29)/t16-/m1/s1. The summed E-state index contributed by atoms with van der Waals surface area (Å²) in [5.74, 6) is -2.86. The first kappa shape index (κ1) is 21.8. The first-order chi connectivity index (χ1) is 16.3. The van der Waals surface area contributed by atoms with Gasteiger partial charge in [0.25, 0.3) is 17.7 Å². The molecule has 1 fully saturated rings. The molecule has 0 bridgehead atoms. The van der Waals surface area contributed by atoms with E-state index in [-0.39, 0.29) is 25.5 Å². The van der Waals surface area contributed by atoms with E-state index in [0.717, 1.165) is 5.56 Å². The number of hydrogen-bond donors (Lipinski definition) is 2. The number of nitrogens with zero attached hydrogens (tertiary/aromatic N) is 4. The van der Waals surface area contributed by atoms with Gasteiger partial charge >= 0.3 is 0 Å². The van der Waals surface area contributed by atoms with Crippen molar-refractivity contribution in [3.8, 4) is 5.75 Å².